The molecule has 1 aliphatic rings. The van der Waals surface area contributed by atoms with E-state index in [-0.39, 0.29) is 5.91 Å². The van der Waals surface area contributed by atoms with Gasteiger partial charge in [0.2, 0.25) is 0 Å². The molecule has 3 rings (SSSR count). The van der Waals surface area contributed by atoms with E-state index in [1.165, 1.54) is 0 Å². The van der Waals surface area contributed by atoms with Crippen molar-refractivity contribution in [1.82, 2.24) is 25.0 Å². The Morgan fingerprint density at radius 1 is 1.20 bits per heavy atom. The fourth-order valence-corrected chi connectivity index (χ4v) is 2.29. The Morgan fingerprint density at radius 3 is 3.00 bits per heavy atom. The highest BCUT2D eigenvalue weighted by Gasteiger charge is 2.18. The lowest BCUT2D eigenvalue weighted by Crippen LogP contribution is -2.34. The summed E-state index contributed by atoms with van der Waals surface area (Å²) in [6.45, 7) is 3.31. The van der Waals surface area contributed by atoms with E-state index >= 15 is 0 Å². The molecule has 20 heavy (non-hydrogen) atoms. The summed E-state index contributed by atoms with van der Waals surface area (Å²) < 4.78 is 1.65. The van der Waals surface area contributed by atoms with Gasteiger partial charge in [0.1, 0.15) is 5.69 Å². The van der Waals surface area contributed by atoms with Crippen molar-refractivity contribution in [2.24, 2.45) is 0 Å². The zero-order valence-electron chi connectivity index (χ0n) is 11.2. The summed E-state index contributed by atoms with van der Waals surface area (Å²) >= 11 is 0. The number of carbonyl (C=O) groups excluding carboxylic acids is 1. The van der Waals surface area contributed by atoms with Crippen molar-refractivity contribution in [3.63, 3.8) is 0 Å². The molecule has 1 saturated heterocycles. The second kappa shape index (κ2) is 5.83. The summed E-state index contributed by atoms with van der Waals surface area (Å²) in [7, 11) is 0. The Morgan fingerprint density at radius 2 is 2.15 bits per heavy atom. The summed E-state index contributed by atoms with van der Waals surface area (Å²) in [5, 5.41) is 7.42. The van der Waals surface area contributed by atoms with Gasteiger partial charge in [-0.1, -0.05) is 6.07 Å². The van der Waals surface area contributed by atoms with E-state index in [0.717, 1.165) is 32.6 Å². The average Bonchev–Trinajstić information content (AvgIpc) is 2.89. The van der Waals surface area contributed by atoms with Crippen molar-refractivity contribution in [2.75, 3.05) is 26.2 Å². The Labute approximate surface area is 117 Å². The average molecular weight is 271 g/mol. The number of nitrogens with one attached hydrogen (secondary N) is 1. The van der Waals surface area contributed by atoms with Gasteiger partial charge < -0.3 is 10.2 Å². The quantitative estimate of drug-likeness (QED) is 0.873. The second-order valence-electron chi connectivity index (χ2n) is 4.73. The lowest BCUT2D eigenvalue weighted by molar-refractivity contribution is 0.0760. The van der Waals surface area contributed by atoms with Crippen LogP contribution in [-0.4, -0.2) is 51.8 Å². The number of hydrogen-bond acceptors (Lipinski definition) is 4. The standard InChI is InChI=1S/C14H17N5O/c20-14(18-9-2-6-15-8-11-18)12-4-1-5-13(17-12)19-10-3-7-16-19/h1,3-5,7,10,15H,2,6,8-9,11H2. The van der Waals surface area contributed by atoms with Gasteiger partial charge in [0.25, 0.3) is 5.91 Å². The van der Waals surface area contributed by atoms with Crippen molar-refractivity contribution in [2.45, 2.75) is 6.42 Å². The number of pyridine rings is 1. The molecule has 2 aromatic rings. The van der Waals surface area contributed by atoms with Gasteiger partial charge in [-0.05, 0) is 31.2 Å². The molecule has 3 heterocycles. The molecule has 104 valence electrons. The maximum atomic E-state index is 12.5. The van der Waals surface area contributed by atoms with Gasteiger partial charge in [0.05, 0.1) is 0 Å². The summed E-state index contributed by atoms with van der Waals surface area (Å²) in [5.41, 5.74) is 0.472. The highest BCUT2D eigenvalue weighted by molar-refractivity contribution is 5.92. The topological polar surface area (TPSA) is 63.1 Å². The van der Waals surface area contributed by atoms with Crippen LogP contribution in [-0.2, 0) is 0 Å². The van der Waals surface area contributed by atoms with Crippen molar-refractivity contribution in [3.05, 3.63) is 42.4 Å². The Hall–Kier alpha value is -2.21. The minimum atomic E-state index is -0.0114. The van der Waals surface area contributed by atoms with Crippen LogP contribution >= 0.6 is 0 Å². The van der Waals surface area contributed by atoms with Crippen LogP contribution < -0.4 is 5.32 Å². The van der Waals surface area contributed by atoms with Gasteiger partial charge in [0, 0.05) is 32.0 Å². The predicted molar refractivity (Wildman–Crippen MR) is 74.7 cm³/mol. The van der Waals surface area contributed by atoms with Crippen molar-refractivity contribution >= 4 is 5.91 Å². The van der Waals surface area contributed by atoms with Crippen LogP contribution in [0.1, 0.15) is 16.9 Å². The molecule has 0 spiro atoms. The molecule has 1 aliphatic heterocycles. The monoisotopic (exact) mass is 271 g/mol. The molecule has 2 aromatic heterocycles. The van der Waals surface area contributed by atoms with E-state index in [9.17, 15) is 4.79 Å². The predicted octanol–water partition coefficient (Wildman–Crippen LogP) is 0.703. The van der Waals surface area contributed by atoms with Crippen LogP contribution in [0.5, 0.6) is 0 Å². The molecule has 6 heteroatoms. The van der Waals surface area contributed by atoms with Crippen LogP contribution in [0, 0.1) is 0 Å². The van der Waals surface area contributed by atoms with Gasteiger partial charge in [-0.2, -0.15) is 5.10 Å². The third-order valence-electron chi connectivity index (χ3n) is 3.32. The maximum Gasteiger partial charge on any atom is 0.272 e. The third kappa shape index (κ3) is 2.70. The number of rotatable bonds is 2. The van der Waals surface area contributed by atoms with Gasteiger partial charge >= 0.3 is 0 Å². The summed E-state index contributed by atoms with van der Waals surface area (Å²) in [5.74, 6) is 0.650. The Balaban J connectivity index is 1.82. The highest BCUT2D eigenvalue weighted by Crippen LogP contribution is 2.08. The second-order valence-corrected chi connectivity index (χ2v) is 4.73. The molecule has 0 atom stereocenters. The van der Waals surface area contributed by atoms with Crippen LogP contribution in [0.15, 0.2) is 36.7 Å². The van der Waals surface area contributed by atoms with Crippen LogP contribution in [0.25, 0.3) is 5.82 Å². The van der Waals surface area contributed by atoms with Crippen LogP contribution in [0.2, 0.25) is 0 Å². The van der Waals surface area contributed by atoms with E-state index in [4.69, 9.17) is 0 Å². The smallest absolute Gasteiger partial charge is 0.272 e. The Bertz CT molecular complexity index is 573. The molecule has 1 amide bonds. The Kier molecular flexibility index (Phi) is 3.73. The molecule has 0 aliphatic carbocycles. The molecule has 0 unspecified atom stereocenters. The fourth-order valence-electron chi connectivity index (χ4n) is 2.29. The molecule has 1 fully saturated rings. The van der Waals surface area contributed by atoms with Crippen molar-refractivity contribution in [1.29, 1.82) is 0 Å². The molecule has 1 N–H and O–H groups in total. The van der Waals surface area contributed by atoms with Crippen LogP contribution in [0.4, 0.5) is 0 Å². The van der Waals surface area contributed by atoms with E-state index in [0.29, 0.717) is 11.5 Å². The SMILES string of the molecule is O=C(c1cccc(-n2cccn2)n1)N1CCCNCC1. The van der Waals surface area contributed by atoms with Crippen LogP contribution in [0.3, 0.4) is 0 Å². The number of carbonyl (C=O) groups is 1. The minimum Gasteiger partial charge on any atom is -0.336 e. The first-order chi connectivity index (χ1) is 9.84. The van der Waals surface area contributed by atoms with Gasteiger partial charge in [0.15, 0.2) is 5.82 Å². The van der Waals surface area contributed by atoms with Gasteiger partial charge in [-0.25, -0.2) is 9.67 Å². The van der Waals surface area contributed by atoms with E-state index < -0.39 is 0 Å². The first kappa shape index (κ1) is 12.8. The first-order valence-corrected chi connectivity index (χ1v) is 6.82. The molecule has 0 radical (unpaired) electrons. The fraction of sp³-hybridized carbons (Fsp3) is 0.357. The molecular weight excluding hydrogens is 254 g/mol. The van der Waals surface area contributed by atoms with E-state index in [1.807, 2.05) is 29.3 Å². The zero-order chi connectivity index (χ0) is 13.8. The zero-order valence-corrected chi connectivity index (χ0v) is 11.2. The summed E-state index contributed by atoms with van der Waals surface area (Å²) in [4.78, 5) is 18.7. The normalized spacial score (nSPS) is 15.9. The molecule has 0 aromatic carbocycles. The van der Waals surface area contributed by atoms with Crippen molar-refractivity contribution < 1.29 is 4.79 Å². The summed E-state index contributed by atoms with van der Waals surface area (Å²) in [6.07, 6.45) is 4.48. The van der Waals surface area contributed by atoms with Gasteiger partial charge in [-0.3, -0.25) is 4.79 Å². The number of aromatic nitrogens is 3. The minimum absolute atomic E-state index is 0.0114. The lowest BCUT2D eigenvalue weighted by atomic mass is 10.3. The van der Waals surface area contributed by atoms with E-state index in [1.54, 1.807) is 16.9 Å². The molecule has 0 saturated carbocycles. The number of nitrogens with zero attached hydrogens (tertiary/aromatic N) is 4. The van der Waals surface area contributed by atoms with Gasteiger partial charge in [-0.15, -0.1) is 0 Å². The van der Waals surface area contributed by atoms with Crippen molar-refractivity contribution in [3.8, 4) is 5.82 Å². The lowest BCUT2D eigenvalue weighted by Gasteiger charge is -2.19. The third-order valence-corrected chi connectivity index (χ3v) is 3.32. The molecule has 6 nitrogen and oxygen atoms in total. The number of hydrogen-bond donors (Lipinski definition) is 1. The van der Waals surface area contributed by atoms with E-state index in [2.05, 4.69) is 15.4 Å². The number of amides is 1. The first-order valence-electron chi connectivity index (χ1n) is 6.82. The highest BCUT2D eigenvalue weighted by atomic mass is 16.2. The maximum absolute atomic E-state index is 12.5. The molecule has 0 bridgehead atoms. The molecular formula is C14H17N5O. The largest absolute Gasteiger partial charge is 0.336 e. The summed E-state index contributed by atoms with van der Waals surface area (Å²) in [6, 6.07) is 7.27.